The lowest BCUT2D eigenvalue weighted by Gasteiger charge is -2.33. The molecule has 0 unspecified atom stereocenters. The van der Waals surface area contributed by atoms with Crippen LogP contribution in [0.1, 0.15) is 30.4 Å². The van der Waals surface area contributed by atoms with Crippen molar-refractivity contribution in [2.45, 2.75) is 36.6 Å². The Hall–Kier alpha value is -2.47. The molecule has 2 heterocycles. The summed E-state index contributed by atoms with van der Waals surface area (Å²) in [4.78, 5) is 13.5. The lowest BCUT2D eigenvalue weighted by atomic mass is 9.92. The van der Waals surface area contributed by atoms with E-state index >= 15 is 0 Å². The van der Waals surface area contributed by atoms with Gasteiger partial charge in [0.1, 0.15) is 5.72 Å². The molecule has 0 saturated carbocycles. The number of nitrogens with zero attached hydrogens (tertiary/aromatic N) is 1. The Balaban J connectivity index is 0.000000153. The van der Waals surface area contributed by atoms with Crippen LogP contribution in [-0.4, -0.2) is 45.0 Å². The Morgan fingerprint density at radius 2 is 1.59 bits per heavy atom. The van der Waals surface area contributed by atoms with Crippen LogP contribution in [0.3, 0.4) is 0 Å². The summed E-state index contributed by atoms with van der Waals surface area (Å²) >= 11 is 0. The smallest absolute Gasteiger partial charge is 0.345 e. The Morgan fingerprint density at radius 1 is 1.04 bits per heavy atom. The number of rotatable bonds is 1. The Bertz CT molecular complexity index is 877. The minimum atomic E-state index is -1.92. The van der Waals surface area contributed by atoms with E-state index in [1.807, 2.05) is 37.4 Å². The first-order valence-electron chi connectivity index (χ1n) is 9.16. The highest BCUT2D eigenvalue weighted by molar-refractivity contribution is 5.95. The van der Waals surface area contributed by atoms with E-state index in [1.54, 1.807) is 24.3 Å². The molecule has 1 fully saturated rings. The maximum Gasteiger partial charge on any atom is 0.345 e. The van der Waals surface area contributed by atoms with Crippen LogP contribution >= 0.6 is 0 Å². The van der Waals surface area contributed by atoms with E-state index in [9.17, 15) is 20.1 Å². The molecular weight excluding hydrogens is 342 g/mol. The average molecular weight is 365 g/mol. The highest BCUT2D eigenvalue weighted by Crippen LogP contribution is 2.47. The van der Waals surface area contributed by atoms with E-state index in [-0.39, 0.29) is 0 Å². The van der Waals surface area contributed by atoms with Crippen LogP contribution in [0.25, 0.3) is 11.1 Å². The molecule has 3 N–H and O–H groups in total. The third-order valence-electron chi connectivity index (χ3n) is 6.03. The molecule has 1 saturated heterocycles. The number of aliphatic hydroxyl groups is 2. The van der Waals surface area contributed by atoms with Crippen molar-refractivity contribution >= 4 is 5.97 Å². The minimum Gasteiger partial charge on any atom is -0.479 e. The largest absolute Gasteiger partial charge is 0.479 e. The number of carbonyl (C=O) groups is 1. The summed E-state index contributed by atoms with van der Waals surface area (Å²) in [6.07, 6.45) is 7.18. The number of hydrogen-bond donors (Lipinski definition) is 3. The van der Waals surface area contributed by atoms with Crippen LogP contribution in [0, 0.1) is 0 Å². The van der Waals surface area contributed by atoms with Crippen molar-refractivity contribution in [3.63, 3.8) is 0 Å². The van der Waals surface area contributed by atoms with Gasteiger partial charge in [0.05, 0.1) is 0 Å². The van der Waals surface area contributed by atoms with Gasteiger partial charge < -0.3 is 15.3 Å². The van der Waals surface area contributed by atoms with Gasteiger partial charge in [0, 0.05) is 17.2 Å². The third kappa shape index (κ3) is 2.62. The van der Waals surface area contributed by atoms with Gasteiger partial charge in [-0.05, 0) is 43.5 Å². The summed E-state index contributed by atoms with van der Waals surface area (Å²) in [6.45, 7) is 0. The first-order valence-corrected chi connectivity index (χ1v) is 9.16. The molecule has 5 rings (SSSR count). The fourth-order valence-corrected chi connectivity index (χ4v) is 4.40. The van der Waals surface area contributed by atoms with Gasteiger partial charge in [0.25, 0.3) is 0 Å². The second kappa shape index (κ2) is 6.30. The van der Waals surface area contributed by atoms with Crippen molar-refractivity contribution in [3.05, 3.63) is 71.8 Å². The molecule has 0 spiro atoms. The zero-order chi connectivity index (χ0) is 19.2. The first-order chi connectivity index (χ1) is 12.9. The molecule has 1 aliphatic carbocycles. The van der Waals surface area contributed by atoms with Crippen LogP contribution in [-0.2, 0) is 10.4 Å². The van der Waals surface area contributed by atoms with Crippen LogP contribution in [0.15, 0.2) is 60.7 Å². The first kappa shape index (κ1) is 17.9. The quantitative estimate of drug-likeness (QED) is 0.677. The van der Waals surface area contributed by atoms with Gasteiger partial charge >= 0.3 is 5.97 Å². The minimum absolute atomic E-state index is 0.439. The SMILES string of the molecule is CN1[C@@H]2CC=C[C@@]1(O)CC2.O=C(O)C1(O)c2ccccc2-c2ccccc21. The van der Waals surface area contributed by atoms with Gasteiger partial charge in [-0.3, -0.25) is 4.90 Å². The van der Waals surface area contributed by atoms with Gasteiger partial charge in [-0.15, -0.1) is 0 Å². The summed E-state index contributed by atoms with van der Waals surface area (Å²) < 4.78 is 0. The monoisotopic (exact) mass is 365 g/mol. The van der Waals surface area contributed by atoms with Crippen molar-refractivity contribution in [2.24, 2.45) is 0 Å². The molecule has 2 aromatic carbocycles. The van der Waals surface area contributed by atoms with E-state index in [1.165, 1.54) is 0 Å². The van der Waals surface area contributed by atoms with Crippen molar-refractivity contribution in [1.82, 2.24) is 4.90 Å². The summed E-state index contributed by atoms with van der Waals surface area (Å²) in [5.41, 5.74) is -0.0702. The van der Waals surface area contributed by atoms with Gasteiger partial charge in [-0.2, -0.15) is 0 Å². The summed E-state index contributed by atoms with van der Waals surface area (Å²) in [5.74, 6) is -1.24. The van der Waals surface area contributed by atoms with E-state index < -0.39 is 17.3 Å². The van der Waals surface area contributed by atoms with Crippen molar-refractivity contribution in [3.8, 4) is 11.1 Å². The standard InChI is InChI=1S/C14H10O3.C8H13NO/c15-13(16)14(17)11-7-3-1-5-9(11)10-6-2-4-8-12(10)14;1-9-7-3-2-5-8(9,10)6-4-7/h1-8,17H,(H,15,16);2,5,7,10H,3-4,6H2,1H3/t;7-,8-/m.1/s1. The van der Waals surface area contributed by atoms with Gasteiger partial charge in [-0.25, -0.2) is 4.79 Å². The predicted molar refractivity (Wildman–Crippen MR) is 102 cm³/mol. The van der Waals surface area contributed by atoms with Crippen molar-refractivity contribution < 1.29 is 20.1 Å². The van der Waals surface area contributed by atoms with Gasteiger partial charge in [0.2, 0.25) is 5.60 Å². The van der Waals surface area contributed by atoms with Crippen LogP contribution < -0.4 is 0 Å². The van der Waals surface area contributed by atoms with Crippen molar-refractivity contribution in [2.75, 3.05) is 7.05 Å². The fourth-order valence-electron chi connectivity index (χ4n) is 4.40. The van der Waals surface area contributed by atoms with Gasteiger partial charge in [-0.1, -0.05) is 54.6 Å². The van der Waals surface area contributed by atoms with Crippen molar-refractivity contribution in [1.29, 1.82) is 0 Å². The number of aliphatic carboxylic acids is 1. The number of benzene rings is 2. The normalized spacial score (nSPS) is 26.7. The number of likely N-dealkylation sites (N-methyl/N-ethyl adjacent to an activating group) is 1. The zero-order valence-corrected chi connectivity index (χ0v) is 15.2. The maximum atomic E-state index is 11.4. The summed E-state index contributed by atoms with van der Waals surface area (Å²) in [5, 5.41) is 29.6. The van der Waals surface area contributed by atoms with Crippen LogP contribution in [0.5, 0.6) is 0 Å². The predicted octanol–water partition coefficient (Wildman–Crippen LogP) is 2.72. The second-order valence-electron chi connectivity index (χ2n) is 7.43. The fraction of sp³-hybridized carbons (Fsp3) is 0.318. The lowest BCUT2D eigenvalue weighted by Crippen LogP contribution is -2.44. The molecule has 2 aliphatic heterocycles. The second-order valence-corrected chi connectivity index (χ2v) is 7.43. The number of hydrogen-bond acceptors (Lipinski definition) is 4. The van der Waals surface area contributed by atoms with E-state index in [2.05, 4.69) is 11.0 Å². The molecule has 3 aliphatic rings. The lowest BCUT2D eigenvalue weighted by molar-refractivity contribution is -0.154. The number of carboxylic acids is 1. The van der Waals surface area contributed by atoms with E-state index in [4.69, 9.17) is 0 Å². The molecule has 27 heavy (non-hydrogen) atoms. The summed E-state index contributed by atoms with van der Waals surface area (Å²) in [6, 6.07) is 14.7. The van der Waals surface area contributed by atoms with E-state index in [0.29, 0.717) is 17.2 Å². The Kier molecular flexibility index (Phi) is 4.18. The molecule has 2 bridgehead atoms. The zero-order valence-electron chi connectivity index (χ0n) is 15.2. The maximum absolute atomic E-state index is 11.4. The van der Waals surface area contributed by atoms with Gasteiger partial charge in [0.15, 0.2) is 0 Å². The molecule has 140 valence electrons. The molecule has 0 aromatic heterocycles. The summed E-state index contributed by atoms with van der Waals surface area (Å²) in [7, 11) is 2.00. The highest BCUT2D eigenvalue weighted by atomic mass is 16.4. The molecule has 2 aromatic rings. The topological polar surface area (TPSA) is 81.0 Å². The average Bonchev–Trinajstić information content (AvgIpc) is 3.00. The van der Waals surface area contributed by atoms with Crippen LogP contribution in [0.2, 0.25) is 0 Å². The third-order valence-corrected chi connectivity index (χ3v) is 6.03. The van der Waals surface area contributed by atoms with E-state index in [0.717, 1.165) is 30.4 Å². The Labute approximate surface area is 158 Å². The Morgan fingerprint density at radius 3 is 2.07 bits per heavy atom. The molecule has 0 amide bonds. The molecule has 0 radical (unpaired) electrons. The molecule has 5 nitrogen and oxygen atoms in total. The van der Waals surface area contributed by atoms with Crippen LogP contribution in [0.4, 0.5) is 0 Å². The number of fused-ring (bicyclic) bond motifs is 5. The highest BCUT2D eigenvalue weighted by Gasteiger charge is 2.47. The molecular formula is C22H23NO4. The molecule has 5 heteroatoms. The number of carboxylic acid groups (broad SMARTS) is 1. The molecule has 2 atom stereocenters.